The SMILES string of the molecule is COc1ccc(C[C@H](N)C(=O)Nc2ccc(C(=O)N[C@@H](CCc3ccccc3)C(=O)O)cc2OCc2ccc(Cl)cc2)cc1. The summed E-state index contributed by atoms with van der Waals surface area (Å²) in [5.41, 5.74) is 9.33. The van der Waals surface area contributed by atoms with Gasteiger partial charge in [0.2, 0.25) is 5.91 Å². The van der Waals surface area contributed by atoms with Crippen LogP contribution in [-0.2, 0) is 29.0 Å². The summed E-state index contributed by atoms with van der Waals surface area (Å²) in [7, 11) is 1.58. The van der Waals surface area contributed by atoms with Gasteiger partial charge in [-0.3, -0.25) is 9.59 Å². The number of nitrogens with two attached hydrogens (primary N) is 1. The van der Waals surface area contributed by atoms with Crippen LogP contribution in [0, 0.1) is 0 Å². The maximum absolute atomic E-state index is 13.2. The maximum atomic E-state index is 13.2. The van der Waals surface area contributed by atoms with Crippen molar-refractivity contribution in [3.05, 3.63) is 124 Å². The summed E-state index contributed by atoms with van der Waals surface area (Å²) >= 11 is 6.00. The highest BCUT2D eigenvalue weighted by atomic mass is 35.5. The molecule has 0 saturated heterocycles. The summed E-state index contributed by atoms with van der Waals surface area (Å²) in [5, 5.41) is 15.7. The summed E-state index contributed by atoms with van der Waals surface area (Å²) in [5.74, 6) is -1.25. The zero-order valence-corrected chi connectivity index (χ0v) is 24.9. The zero-order valence-electron chi connectivity index (χ0n) is 24.2. The van der Waals surface area contributed by atoms with Crippen LogP contribution in [-0.4, -0.2) is 42.1 Å². The molecule has 10 heteroatoms. The summed E-state index contributed by atoms with van der Waals surface area (Å²) in [6.07, 6.45) is 0.983. The number of aryl methyl sites for hydroxylation is 1. The molecule has 0 spiro atoms. The van der Waals surface area contributed by atoms with E-state index in [0.29, 0.717) is 22.9 Å². The first kappa shape index (κ1) is 32.1. The Morgan fingerprint density at radius 2 is 1.57 bits per heavy atom. The third-order valence-electron chi connectivity index (χ3n) is 6.93. The number of aliphatic carboxylic acids is 1. The molecule has 0 heterocycles. The number of methoxy groups -OCH3 is 1. The number of hydrogen-bond acceptors (Lipinski definition) is 6. The molecule has 2 amide bonds. The standard InChI is InChI=1S/C34H34ClN3O6/c1-43-27-15-9-23(10-16-27)19-28(36)33(40)37-29-18-12-25(20-31(29)44-21-24-7-13-26(35)14-8-24)32(39)38-30(34(41)42)17-11-22-5-3-2-4-6-22/h2-10,12-16,18,20,28,30H,11,17,19,21,36H2,1H3,(H,37,40)(H,38,39)(H,41,42)/t28-,30-/m0/s1. The van der Waals surface area contributed by atoms with E-state index in [1.165, 1.54) is 18.2 Å². The Morgan fingerprint density at radius 1 is 0.886 bits per heavy atom. The Balaban J connectivity index is 1.49. The maximum Gasteiger partial charge on any atom is 0.326 e. The highest BCUT2D eigenvalue weighted by Crippen LogP contribution is 2.28. The molecule has 4 aromatic rings. The van der Waals surface area contributed by atoms with Crippen molar-refractivity contribution in [3.8, 4) is 11.5 Å². The van der Waals surface area contributed by atoms with Crippen LogP contribution in [0.5, 0.6) is 11.5 Å². The van der Waals surface area contributed by atoms with Gasteiger partial charge in [0, 0.05) is 10.6 Å². The van der Waals surface area contributed by atoms with Gasteiger partial charge in [0.1, 0.15) is 24.1 Å². The Morgan fingerprint density at radius 3 is 2.23 bits per heavy atom. The number of rotatable bonds is 14. The molecule has 0 unspecified atom stereocenters. The van der Waals surface area contributed by atoms with Gasteiger partial charge in [-0.05, 0) is 78.4 Å². The van der Waals surface area contributed by atoms with E-state index in [1.807, 2.05) is 42.5 Å². The van der Waals surface area contributed by atoms with Crippen molar-refractivity contribution in [2.45, 2.75) is 38.0 Å². The second-order valence-electron chi connectivity index (χ2n) is 10.2. The topological polar surface area (TPSA) is 140 Å². The van der Waals surface area contributed by atoms with Crippen molar-refractivity contribution >= 4 is 35.1 Å². The fourth-order valence-electron chi connectivity index (χ4n) is 4.42. The van der Waals surface area contributed by atoms with E-state index in [-0.39, 0.29) is 30.8 Å². The molecule has 9 nitrogen and oxygen atoms in total. The molecule has 2 atom stereocenters. The first-order chi connectivity index (χ1) is 21.2. The van der Waals surface area contributed by atoms with E-state index in [0.717, 1.165) is 16.7 Å². The molecule has 0 aliphatic heterocycles. The molecule has 0 aromatic heterocycles. The number of hydrogen-bond donors (Lipinski definition) is 4. The van der Waals surface area contributed by atoms with Crippen molar-refractivity contribution in [2.75, 3.05) is 12.4 Å². The minimum absolute atomic E-state index is 0.123. The second-order valence-corrected chi connectivity index (χ2v) is 10.6. The molecule has 44 heavy (non-hydrogen) atoms. The second kappa shape index (κ2) is 15.6. The van der Waals surface area contributed by atoms with Crippen LogP contribution in [0.25, 0.3) is 0 Å². The van der Waals surface area contributed by atoms with Gasteiger partial charge in [-0.25, -0.2) is 4.79 Å². The molecule has 0 bridgehead atoms. The molecule has 5 N–H and O–H groups in total. The third-order valence-corrected chi connectivity index (χ3v) is 7.18. The van der Waals surface area contributed by atoms with Gasteiger partial charge in [-0.1, -0.05) is 66.2 Å². The molecule has 0 aliphatic carbocycles. The van der Waals surface area contributed by atoms with E-state index in [9.17, 15) is 19.5 Å². The number of carboxylic acid groups (broad SMARTS) is 1. The zero-order chi connectivity index (χ0) is 31.5. The van der Waals surface area contributed by atoms with E-state index in [2.05, 4.69) is 10.6 Å². The van der Waals surface area contributed by atoms with Gasteiger partial charge >= 0.3 is 5.97 Å². The fourth-order valence-corrected chi connectivity index (χ4v) is 4.54. The van der Waals surface area contributed by atoms with E-state index < -0.39 is 29.9 Å². The van der Waals surface area contributed by atoms with E-state index in [1.54, 1.807) is 43.5 Å². The Bertz CT molecular complexity index is 1560. The number of halogens is 1. The number of carboxylic acids is 1. The fraction of sp³-hybridized carbons (Fsp3) is 0.206. The van der Waals surface area contributed by atoms with Crippen LogP contribution >= 0.6 is 11.6 Å². The van der Waals surface area contributed by atoms with Crippen molar-refractivity contribution in [3.63, 3.8) is 0 Å². The van der Waals surface area contributed by atoms with Gasteiger partial charge in [-0.2, -0.15) is 0 Å². The Hall–Kier alpha value is -4.86. The first-order valence-corrected chi connectivity index (χ1v) is 14.4. The molecule has 0 saturated carbocycles. The highest BCUT2D eigenvalue weighted by molar-refractivity contribution is 6.30. The molecule has 4 aromatic carbocycles. The van der Waals surface area contributed by atoms with Crippen LogP contribution in [0.4, 0.5) is 5.69 Å². The van der Waals surface area contributed by atoms with Crippen molar-refractivity contribution in [1.82, 2.24) is 5.32 Å². The smallest absolute Gasteiger partial charge is 0.326 e. The van der Waals surface area contributed by atoms with Crippen LogP contribution in [0.3, 0.4) is 0 Å². The molecular weight excluding hydrogens is 582 g/mol. The Labute approximate surface area is 261 Å². The lowest BCUT2D eigenvalue weighted by Gasteiger charge is -2.18. The first-order valence-electron chi connectivity index (χ1n) is 14.0. The predicted molar refractivity (Wildman–Crippen MR) is 169 cm³/mol. The van der Waals surface area contributed by atoms with Crippen LogP contribution in [0.2, 0.25) is 5.02 Å². The lowest BCUT2D eigenvalue weighted by Crippen LogP contribution is -2.41. The molecule has 0 fully saturated rings. The number of benzene rings is 4. The number of ether oxygens (including phenoxy) is 2. The molecular formula is C34H34ClN3O6. The van der Waals surface area contributed by atoms with Gasteiger partial charge in [0.25, 0.3) is 5.91 Å². The highest BCUT2D eigenvalue weighted by Gasteiger charge is 2.22. The molecule has 4 rings (SSSR count). The minimum Gasteiger partial charge on any atom is -0.497 e. The third kappa shape index (κ3) is 9.32. The van der Waals surface area contributed by atoms with Crippen molar-refractivity contribution in [1.29, 1.82) is 0 Å². The lowest BCUT2D eigenvalue weighted by molar-refractivity contribution is -0.139. The number of carbonyl (C=O) groups excluding carboxylic acids is 2. The lowest BCUT2D eigenvalue weighted by atomic mass is 10.0. The summed E-state index contributed by atoms with van der Waals surface area (Å²) < 4.78 is 11.2. The molecule has 0 aliphatic rings. The van der Waals surface area contributed by atoms with Crippen LogP contribution in [0.1, 0.15) is 33.5 Å². The normalized spacial score (nSPS) is 12.1. The van der Waals surface area contributed by atoms with Crippen molar-refractivity contribution in [2.24, 2.45) is 5.73 Å². The monoisotopic (exact) mass is 615 g/mol. The van der Waals surface area contributed by atoms with Crippen LogP contribution in [0.15, 0.2) is 97.1 Å². The predicted octanol–water partition coefficient (Wildman–Crippen LogP) is 5.25. The van der Waals surface area contributed by atoms with Gasteiger partial charge in [-0.15, -0.1) is 0 Å². The summed E-state index contributed by atoms with van der Waals surface area (Å²) in [6, 6.07) is 26.3. The number of anilines is 1. The summed E-state index contributed by atoms with van der Waals surface area (Å²) in [6.45, 7) is 0.123. The van der Waals surface area contributed by atoms with Crippen LogP contribution < -0.4 is 25.8 Å². The average Bonchev–Trinajstić information content (AvgIpc) is 3.03. The van der Waals surface area contributed by atoms with Crippen molar-refractivity contribution < 1.29 is 29.0 Å². The van der Waals surface area contributed by atoms with E-state index in [4.69, 9.17) is 26.8 Å². The van der Waals surface area contributed by atoms with Gasteiger partial charge < -0.3 is 30.9 Å². The minimum atomic E-state index is -1.14. The summed E-state index contributed by atoms with van der Waals surface area (Å²) in [4.78, 5) is 38.1. The van der Waals surface area contributed by atoms with Gasteiger partial charge in [0.15, 0.2) is 0 Å². The number of nitrogens with one attached hydrogen (secondary N) is 2. The van der Waals surface area contributed by atoms with E-state index >= 15 is 0 Å². The van der Waals surface area contributed by atoms with Gasteiger partial charge in [0.05, 0.1) is 18.8 Å². The number of amides is 2. The largest absolute Gasteiger partial charge is 0.497 e. The molecule has 0 radical (unpaired) electrons. The molecule has 228 valence electrons. The number of carbonyl (C=O) groups is 3. The quantitative estimate of drug-likeness (QED) is 0.152. The Kier molecular flexibility index (Phi) is 11.3. The average molecular weight is 616 g/mol.